The molecule has 0 spiro atoms. The number of hydrogen-bond donors (Lipinski definition) is 5. The van der Waals surface area contributed by atoms with Gasteiger partial charge in [-0.25, -0.2) is 4.98 Å². The first kappa shape index (κ1) is 25.3. The summed E-state index contributed by atoms with van der Waals surface area (Å²) in [5, 5.41) is 38.0. The molecule has 3 aromatic rings. The summed E-state index contributed by atoms with van der Waals surface area (Å²) < 4.78 is 11.3. The SMILES string of the molecule is COCc1cc2cc(-c3c(C)nc(NCC(C)(C)C)nc3N[C@@H]3C[C@H](CO)[C@@H](O)[C@H]3O)oc2cn1. The maximum atomic E-state index is 10.6. The number of rotatable bonds is 8. The lowest BCUT2D eigenvalue weighted by molar-refractivity contribution is 0.00446. The summed E-state index contributed by atoms with van der Waals surface area (Å²) in [5.41, 5.74) is 2.78. The largest absolute Gasteiger partial charge is 0.454 e. The number of aliphatic hydroxyl groups is 3. The number of aryl methyl sites for hydroxylation is 1. The summed E-state index contributed by atoms with van der Waals surface area (Å²) in [4.78, 5) is 13.7. The van der Waals surface area contributed by atoms with E-state index in [4.69, 9.17) is 14.1 Å². The molecule has 5 N–H and O–H groups in total. The van der Waals surface area contributed by atoms with Crippen LogP contribution in [-0.4, -0.2) is 68.8 Å². The number of pyridine rings is 1. The molecule has 10 heteroatoms. The van der Waals surface area contributed by atoms with Crippen LogP contribution >= 0.6 is 0 Å². The number of ether oxygens (including phenoxy) is 1. The van der Waals surface area contributed by atoms with Gasteiger partial charge in [0, 0.05) is 31.6 Å². The zero-order valence-corrected chi connectivity index (χ0v) is 20.9. The van der Waals surface area contributed by atoms with E-state index in [-0.39, 0.29) is 12.0 Å². The van der Waals surface area contributed by atoms with Gasteiger partial charge in [-0.1, -0.05) is 20.8 Å². The molecule has 4 atom stereocenters. The van der Waals surface area contributed by atoms with Crippen LogP contribution in [0.1, 0.15) is 38.6 Å². The van der Waals surface area contributed by atoms with Gasteiger partial charge in [0.1, 0.15) is 17.7 Å². The molecular formula is C25H35N5O5. The van der Waals surface area contributed by atoms with Gasteiger partial charge in [0.05, 0.1) is 41.9 Å². The van der Waals surface area contributed by atoms with Gasteiger partial charge in [-0.2, -0.15) is 4.98 Å². The number of methoxy groups -OCH3 is 1. The number of aliphatic hydroxyl groups excluding tert-OH is 3. The summed E-state index contributed by atoms with van der Waals surface area (Å²) >= 11 is 0. The fourth-order valence-electron chi connectivity index (χ4n) is 4.36. The number of furan rings is 1. The molecule has 3 heterocycles. The van der Waals surface area contributed by atoms with E-state index in [1.54, 1.807) is 13.3 Å². The smallest absolute Gasteiger partial charge is 0.224 e. The predicted octanol–water partition coefficient (Wildman–Crippen LogP) is 2.71. The van der Waals surface area contributed by atoms with E-state index >= 15 is 0 Å². The minimum atomic E-state index is -1.04. The van der Waals surface area contributed by atoms with Crippen molar-refractivity contribution in [3.8, 4) is 11.3 Å². The second kappa shape index (κ2) is 10.1. The molecule has 1 aliphatic rings. The van der Waals surface area contributed by atoms with Crippen molar-refractivity contribution in [2.75, 3.05) is 30.9 Å². The predicted molar refractivity (Wildman–Crippen MR) is 133 cm³/mol. The highest BCUT2D eigenvalue weighted by atomic mass is 16.5. The minimum absolute atomic E-state index is 0.0231. The molecule has 35 heavy (non-hydrogen) atoms. The fraction of sp³-hybridized carbons (Fsp3) is 0.560. The Morgan fingerprint density at radius 1 is 1.17 bits per heavy atom. The van der Waals surface area contributed by atoms with E-state index < -0.39 is 24.2 Å². The molecule has 10 nitrogen and oxygen atoms in total. The second-order valence-electron chi connectivity index (χ2n) is 10.4. The summed E-state index contributed by atoms with van der Waals surface area (Å²) in [7, 11) is 1.62. The monoisotopic (exact) mass is 485 g/mol. The first-order valence-corrected chi connectivity index (χ1v) is 11.8. The van der Waals surface area contributed by atoms with Crippen molar-refractivity contribution in [2.45, 2.75) is 59.0 Å². The van der Waals surface area contributed by atoms with Crippen molar-refractivity contribution < 1.29 is 24.5 Å². The molecule has 190 valence electrons. The van der Waals surface area contributed by atoms with Crippen LogP contribution in [0.5, 0.6) is 0 Å². The molecule has 1 fully saturated rings. The van der Waals surface area contributed by atoms with Gasteiger partial charge in [0.15, 0.2) is 5.58 Å². The standard InChI is InChI=1S/C25H35N5O5/c1-13-20(18-8-14-6-16(11-34-5)26-9-19(14)35-18)23(30-24(28-13)27-12-25(2,3)4)29-17-7-15(10-31)21(32)22(17)33/h6,8-9,15,17,21-22,31-33H,7,10-12H2,1-5H3,(H2,27,28,29,30)/t15-,17-,21-,22+/m1/s1. The van der Waals surface area contributed by atoms with Crippen molar-refractivity contribution in [3.63, 3.8) is 0 Å². The Balaban J connectivity index is 1.74. The number of nitrogens with zero attached hydrogens (tertiary/aromatic N) is 3. The Labute approximate surface area is 204 Å². The van der Waals surface area contributed by atoms with Crippen LogP contribution in [0.3, 0.4) is 0 Å². The highest BCUT2D eigenvalue weighted by Crippen LogP contribution is 2.37. The molecule has 0 radical (unpaired) electrons. The Morgan fingerprint density at radius 2 is 1.94 bits per heavy atom. The quantitative estimate of drug-likeness (QED) is 0.323. The average molecular weight is 486 g/mol. The lowest BCUT2D eigenvalue weighted by atomic mass is 9.97. The Morgan fingerprint density at radius 3 is 2.60 bits per heavy atom. The first-order chi connectivity index (χ1) is 16.6. The van der Waals surface area contributed by atoms with Gasteiger partial charge in [0.25, 0.3) is 0 Å². The zero-order chi connectivity index (χ0) is 25.3. The highest BCUT2D eigenvalue weighted by Gasteiger charge is 2.41. The van der Waals surface area contributed by atoms with Crippen LogP contribution in [0.15, 0.2) is 22.7 Å². The number of anilines is 2. The van der Waals surface area contributed by atoms with Crippen LogP contribution in [-0.2, 0) is 11.3 Å². The average Bonchev–Trinajstić information content (AvgIpc) is 3.32. The number of aromatic nitrogens is 3. The van der Waals surface area contributed by atoms with Crippen LogP contribution in [0.2, 0.25) is 0 Å². The topological polar surface area (TPSA) is 146 Å². The third-order valence-electron chi connectivity index (χ3n) is 6.22. The van der Waals surface area contributed by atoms with E-state index in [0.717, 1.165) is 11.1 Å². The Kier molecular flexibility index (Phi) is 7.27. The molecule has 0 aromatic carbocycles. The van der Waals surface area contributed by atoms with Gasteiger partial charge in [-0.3, -0.25) is 4.98 Å². The molecule has 3 aromatic heterocycles. The van der Waals surface area contributed by atoms with E-state index in [9.17, 15) is 15.3 Å². The molecule has 4 rings (SSSR count). The molecule has 0 bridgehead atoms. The number of hydrogen-bond acceptors (Lipinski definition) is 10. The molecule has 0 saturated heterocycles. The van der Waals surface area contributed by atoms with Crippen LogP contribution in [0, 0.1) is 18.3 Å². The number of fused-ring (bicyclic) bond motifs is 1. The maximum absolute atomic E-state index is 10.6. The summed E-state index contributed by atoms with van der Waals surface area (Å²) in [5.74, 6) is 1.08. The third-order valence-corrected chi connectivity index (χ3v) is 6.22. The number of nitrogens with one attached hydrogen (secondary N) is 2. The van der Waals surface area contributed by atoms with Crippen molar-refractivity contribution in [1.29, 1.82) is 0 Å². The molecule has 1 aliphatic carbocycles. The van der Waals surface area contributed by atoms with Gasteiger partial charge in [-0.15, -0.1) is 0 Å². The van der Waals surface area contributed by atoms with Crippen LogP contribution in [0.4, 0.5) is 11.8 Å². The van der Waals surface area contributed by atoms with E-state index in [0.29, 0.717) is 53.9 Å². The normalized spacial score (nSPS) is 22.6. The minimum Gasteiger partial charge on any atom is -0.454 e. The van der Waals surface area contributed by atoms with E-state index in [1.807, 2.05) is 19.1 Å². The van der Waals surface area contributed by atoms with Gasteiger partial charge < -0.3 is 35.1 Å². The van der Waals surface area contributed by atoms with Crippen LogP contribution < -0.4 is 10.6 Å². The Hall–Kier alpha value is -2.79. The third kappa shape index (κ3) is 5.56. The lowest BCUT2D eigenvalue weighted by Gasteiger charge is -2.22. The van der Waals surface area contributed by atoms with Crippen molar-refractivity contribution >= 4 is 22.7 Å². The molecule has 0 unspecified atom stereocenters. The van der Waals surface area contributed by atoms with Gasteiger partial charge >= 0.3 is 0 Å². The molecular weight excluding hydrogens is 450 g/mol. The van der Waals surface area contributed by atoms with E-state index in [2.05, 4.69) is 41.4 Å². The van der Waals surface area contributed by atoms with Crippen molar-refractivity contribution in [1.82, 2.24) is 15.0 Å². The van der Waals surface area contributed by atoms with Crippen molar-refractivity contribution in [2.24, 2.45) is 11.3 Å². The Bertz CT molecular complexity index is 1170. The van der Waals surface area contributed by atoms with Gasteiger partial charge in [0.2, 0.25) is 5.95 Å². The molecule has 1 saturated carbocycles. The van der Waals surface area contributed by atoms with Crippen molar-refractivity contribution in [3.05, 3.63) is 29.7 Å². The zero-order valence-electron chi connectivity index (χ0n) is 20.9. The first-order valence-electron chi connectivity index (χ1n) is 11.8. The molecule has 0 aliphatic heterocycles. The highest BCUT2D eigenvalue weighted by molar-refractivity contribution is 5.86. The second-order valence-corrected chi connectivity index (χ2v) is 10.4. The summed E-state index contributed by atoms with van der Waals surface area (Å²) in [6.07, 6.45) is 0.00593. The molecule has 0 amide bonds. The summed E-state index contributed by atoms with van der Waals surface area (Å²) in [6.45, 7) is 9.09. The van der Waals surface area contributed by atoms with E-state index in [1.165, 1.54) is 0 Å². The van der Waals surface area contributed by atoms with Crippen LogP contribution in [0.25, 0.3) is 22.3 Å². The summed E-state index contributed by atoms with van der Waals surface area (Å²) in [6, 6.07) is 3.33. The van der Waals surface area contributed by atoms with Gasteiger partial charge in [-0.05, 0) is 30.9 Å². The maximum Gasteiger partial charge on any atom is 0.224 e. The lowest BCUT2D eigenvalue weighted by Crippen LogP contribution is -2.35. The fourth-order valence-corrected chi connectivity index (χ4v) is 4.36.